The van der Waals surface area contributed by atoms with E-state index in [9.17, 15) is 19.1 Å². The Hall–Kier alpha value is -1.51. The van der Waals surface area contributed by atoms with Gasteiger partial charge in [-0.1, -0.05) is 0 Å². The molecule has 0 saturated carbocycles. The van der Waals surface area contributed by atoms with Crippen molar-refractivity contribution in [2.24, 2.45) is 0 Å². The number of aliphatic hydroxyl groups excluding tert-OH is 1. The van der Waals surface area contributed by atoms with Crippen molar-refractivity contribution in [3.63, 3.8) is 0 Å². The van der Waals surface area contributed by atoms with Crippen LogP contribution in [0.25, 0.3) is 0 Å². The Morgan fingerprint density at radius 3 is 3.06 bits per heavy atom. The smallest absolute Gasteiger partial charge is 0.330 e. The fourth-order valence-electron chi connectivity index (χ4n) is 1.87. The summed E-state index contributed by atoms with van der Waals surface area (Å²) in [5.74, 6) is -1.08. The number of aliphatic hydroxyl groups is 1. The van der Waals surface area contributed by atoms with Crippen molar-refractivity contribution in [3.05, 3.63) is 32.9 Å². The van der Waals surface area contributed by atoms with Gasteiger partial charge in [0.05, 0.1) is 18.9 Å². The number of halogens is 1. The lowest BCUT2D eigenvalue weighted by atomic mass is 10.2. The van der Waals surface area contributed by atoms with Crippen LogP contribution < -0.4 is 11.2 Å². The van der Waals surface area contributed by atoms with E-state index in [4.69, 9.17) is 9.47 Å². The molecule has 1 aliphatic heterocycles. The number of methoxy groups -OCH3 is 1. The molecule has 0 radical (unpaired) electrons. The first-order chi connectivity index (χ1) is 8.52. The molecule has 0 amide bonds. The van der Waals surface area contributed by atoms with Gasteiger partial charge in [-0.15, -0.1) is 0 Å². The van der Waals surface area contributed by atoms with E-state index in [1.165, 1.54) is 7.11 Å². The minimum Gasteiger partial charge on any atom is -0.390 e. The zero-order valence-corrected chi connectivity index (χ0v) is 9.63. The summed E-state index contributed by atoms with van der Waals surface area (Å²) in [6, 6.07) is 0. The molecular weight excluding hydrogens is 247 g/mol. The van der Waals surface area contributed by atoms with Gasteiger partial charge in [-0.2, -0.15) is 4.39 Å². The van der Waals surface area contributed by atoms with Crippen molar-refractivity contribution in [2.75, 3.05) is 13.7 Å². The van der Waals surface area contributed by atoms with Crippen LogP contribution in [-0.4, -0.2) is 40.6 Å². The highest BCUT2D eigenvalue weighted by molar-refractivity contribution is 4.91. The number of ether oxygens (including phenoxy) is 2. The number of hydrogen-bond donors (Lipinski definition) is 2. The average Bonchev–Trinajstić information content (AvgIpc) is 2.66. The quantitative estimate of drug-likeness (QED) is 0.725. The number of aromatic amines is 1. The van der Waals surface area contributed by atoms with Crippen LogP contribution in [0.15, 0.2) is 15.8 Å². The normalized spacial score (nSPS) is 27.6. The molecule has 2 heterocycles. The first-order valence-electron chi connectivity index (χ1n) is 5.36. The van der Waals surface area contributed by atoms with E-state index < -0.39 is 35.5 Å². The van der Waals surface area contributed by atoms with Crippen LogP contribution in [0.3, 0.4) is 0 Å². The second-order valence-electron chi connectivity index (χ2n) is 4.03. The van der Waals surface area contributed by atoms with Gasteiger partial charge in [0.2, 0.25) is 5.82 Å². The second-order valence-corrected chi connectivity index (χ2v) is 4.03. The van der Waals surface area contributed by atoms with Crippen LogP contribution in [0.1, 0.15) is 12.6 Å². The van der Waals surface area contributed by atoms with Gasteiger partial charge >= 0.3 is 5.69 Å². The summed E-state index contributed by atoms with van der Waals surface area (Å²) in [5, 5.41) is 9.68. The maximum atomic E-state index is 13.1. The number of hydrogen-bond acceptors (Lipinski definition) is 5. The standard InChI is InChI=1S/C10H13FN2O5/c1-17-4-7-6(14)2-8(18-7)13-3-5(11)9(15)12-10(13)16/h3,6-8,14H,2,4H2,1H3,(H,12,15,16)/t6-,7+,8?/m0/s1. The summed E-state index contributed by atoms with van der Waals surface area (Å²) in [5.41, 5.74) is -1.86. The van der Waals surface area contributed by atoms with E-state index in [1.807, 2.05) is 4.98 Å². The predicted octanol–water partition coefficient (Wildman–Crippen LogP) is -1.03. The molecule has 2 N–H and O–H groups in total. The first kappa shape index (κ1) is 12.9. The van der Waals surface area contributed by atoms with E-state index in [0.717, 1.165) is 10.8 Å². The zero-order valence-electron chi connectivity index (χ0n) is 9.63. The van der Waals surface area contributed by atoms with Crippen LogP contribution in [0.4, 0.5) is 4.39 Å². The Balaban J connectivity index is 2.26. The molecule has 1 saturated heterocycles. The van der Waals surface area contributed by atoms with Gasteiger partial charge in [0, 0.05) is 13.5 Å². The lowest BCUT2D eigenvalue weighted by molar-refractivity contribution is -0.0549. The second kappa shape index (κ2) is 5.01. The Kier molecular flexibility index (Phi) is 3.60. The van der Waals surface area contributed by atoms with E-state index in [1.54, 1.807) is 0 Å². The molecule has 1 unspecified atom stereocenters. The molecule has 1 aliphatic rings. The van der Waals surface area contributed by atoms with Gasteiger partial charge in [0.25, 0.3) is 5.56 Å². The molecule has 1 aromatic heterocycles. The van der Waals surface area contributed by atoms with Gasteiger partial charge in [-0.3, -0.25) is 14.3 Å². The van der Waals surface area contributed by atoms with E-state index in [2.05, 4.69) is 0 Å². The Labute approximate surface area is 101 Å². The fourth-order valence-corrected chi connectivity index (χ4v) is 1.87. The molecule has 0 aromatic carbocycles. The molecule has 2 rings (SSSR count). The SMILES string of the molecule is COC[C@H]1OC(n2cc(F)c(=O)[nH]c2=O)C[C@@H]1O. The monoisotopic (exact) mass is 260 g/mol. The Morgan fingerprint density at radius 2 is 2.39 bits per heavy atom. The number of H-pyrrole nitrogens is 1. The van der Waals surface area contributed by atoms with Crippen LogP contribution in [-0.2, 0) is 9.47 Å². The maximum Gasteiger partial charge on any atom is 0.330 e. The van der Waals surface area contributed by atoms with Crippen molar-refractivity contribution in [2.45, 2.75) is 24.9 Å². The number of rotatable bonds is 3. The third-order valence-electron chi connectivity index (χ3n) is 2.77. The molecule has 18 heavy (non-hydrogen) atoms. The van der Waals surface area contributed by atoms with Crippen LogP contribution in [0.2, 0.25) is 0 Å². The minimum absolute atomic E-state index is 0.124. The predicted molar refractivity (Wildman–Crippen MR) is 57.7 cm³/mol. The molecule has 1 fully saturated rings. The van der Waals surface area contributed by atoms with Crippen molar-refractivity contribution < 1.29 is 19.0 Å². The highest BCUT2D eigenvalue weighted by atomic mass is 19.1. The average molecular weight is 260 g/mol. The summed E-state index contributed by atoms with van der Waals surface area (Å²) in [6.45, 7) is 0.165. The lowest BCUT2D eigenvalue weighted by Crippen LogP contribution is -2.34. The number of nitrogens with one attached hydrogen (secondary N) is 1. The molecule has 100 valence electrons. The third-order valence-corrected chi connectivity index (χ3v) is 2.77. The van der Waals surface area contributed by atoms with Crippen molar-refractivity contribution >= 4 is 0 Å². The summed E-state index contributed by atoms with van der Waals surface area (Å²) in [6.07, 6.45) is -1.31. The lowest BCUT2D eigenvalue weighted by Gasteiger charge is -2.15. The molecule has 0 aliphatic carbocycles. The van der Waals surface area contributed by atoms with Gasteiger partial charge in [-0.05, 0) is 0 Å². The molecule has 7 nitrogen and oxygen atoms in total. The van der Waals surface area contributed by atoms with Crippen molar-refractivity contribution in [1.29, 1.82) is 0 Å². The molecule has 0 bridgehead atoms. The largest absolute Gasteiger partial charge is 0.390 e. The van der Waals surface area contributed by atoms with E-state index in [0.29, 0.717) is 0 Å². The summed E-state index contributed by atoms with van der Waals surface area (Å²) in [7, 11) is 1.45. The van der Waals surface area contributed by atoms with E-state index in [-0.39, 0.29) is 13.0 Å². The maximum absolute atomic E-state index is 13.1. The number of aromatic nitrogens is 2. The van der Waals surface area contributed by atoms with Gasteiger partial charge < -0.3 is 14.6 Å². The van der Waals surface area contributed by atoms with Gasteiger partial charge in [-0.25, -0.2) is 4.79 Å². The first-order valence-corrected chi connectivity index (χ1v) is 5.36. The molecule has 3 atom stereocenters. The van der Waals surface area contributed by atoms with Crippen LogP contribution in [0, 0.1) is 5.82 Å². The molecular formula is C10H13FN2O5. The number of nitrogens with zero attached hydrogens (tertiary/aromatic N) is 1. The van der Waals surface area contributed by atoms with E-state index >= 15 is 0 Å². The molecule has 0 spiro atoms. The Morgan fingerprint density at radius 1 is 1.67 bits per heavy atom. The van der Waals surface area contributed by atoms with Gasteiger partial charge in [0.15, 0.2) is 0 Å². The highest BCUT2D eigenvalue weighted by Gasteiger charge is 2.35. The van der Waals surface area contributed by atoms with Crippen LogP contribution in [0.5, 0.6) is 0 Å². The van der Waals surface area contributed by atoms with Crippen molar-refractivity contribution in [3.8, 4) is 0 Å². The molecule has 1 aromatic rings. The zero-order chi connectivity index (χ0) is 13.3. The summed E-state index contributed by atoms with van der Waals surface area (Å²) < 4.78 is 24.2. The summed E-state index contributed by atoms with van der Waals surface area (Å²) >= 11 is 0. The molecule has 8 heteroatoms. The van der Waals surface area contributed by atoms with Gasteiger partial charge in [0.1, 0.15) is 12.3 Å². The topological polar surface area (TPSA) is 93.5 Å². The third kappa shape index (κ3) is 2.35. The highest BCUT2D eigenvalue weighted by Crippen LogP contribution is 2.27. The summed E-state index contributed by atoms with van der Waals surface area (Å²) in [4.78, 5) is 24.2. The van der Waals surface area contributed by atoms with Crippen molar-refractivity contribution in [1.82, 2.24) is 9.55 Å². The van der Waals surface area contributed by atoms with Crippen LogP contribution >= 0.6 is 0 Å². The minimum atomic E-state index is -1.08. The fraction of sp³-hybridized carbons (Fsp3) is 0.600. The Bertz CT molecular complexity index is 540.